The Kier molecular flexibility index (Phi) is 2.65. The smallest absolute Gasteiger partial charge is 0.411 e. The second-order valence-corrected chi connectivity index (χ2v) is 3.31. The average Bonchev–Trinajstić information content (AvgIpc) is 2.58. The van der Waals surface area contributed by atoms with E-state index in [1.54, 1.807) is 12.1 Å². The van der Waals surface area contributed by atoms with Gasteiger partial charge in [0.05, 0.1) is 6.07 Å². The fourth-order valence-electron chi connectivity index (χ4n) is 1.32. The number of primary amides is 1. The van der Waals surface area contributed by atoms with E-state index in [9.17, 15) is 9.90 Å². The maximum absolute atomic E-state index is 10.5. The molecule has 17 heavy (non-hydrogen) atoms. The first-order valence-electron chi connectivity index (χ1n) is 4.76. The van der Waals surface area contributed by atoms with Gasteiger partial charge in [0.25, 0.3) is 0 Å². The second kappa shape index (κ2) is 4.12. The number of carbonyl (C=O) groups is 1. The first kappa shape index (κ1) is 10.9. The highest BCUT2D eigenvalue weighted by Crippen LogP contribution is 2.21. The number of ether oxygens (including phenoxy) is 1. The summed E-state index contributed by atoms with van der Waals surface area (Å²) >= 11 is 0. The minimum absolute atomic E-state index is 0.0849. The van der Waals surface area contributed by atoms with Crippen molar-refractivity contribution < 1.29 is 14.6 Å². The summed E-state index contributed by atoms with van der Waals surface area (Å²) in [5.74, 6) is 0.138. The lowest BCUT2D eigenvalue weighted by molar-refractivity contribution is 0.208. The van der Waals surface area contributed by atoms with Crippen molar-refractivity contribution in [3.05, 3.63) is 30.0 Å². The monoisotopic (exact) mass is 234 g/mol. The zero-order valence-electron chi connectivity index (χ0n) is 8.99. The van der Waals surface area contributed by atoms with Crippen molar-refractivity contribution in [2.24, 2.45) is 5.73 Å². The summed E-state index contributed by atoms with van der Waals surface area (Å²) in [6.45, 7) is 1.81. The van der Waals surface area contributed by atoms with Crippen molar-refractivity contribution >= 4 is 6.09 Å². The van der Waals surface area contributed by atoms with Crippen molar-refractivity contribution in [2.45, 2.75) is 6.92 Å². The number of amides is 1. The molecule has 2 aromatic rings. The minimum atomic E-state index is -0.994. The number of rotatable bonds is 2. The van der Waals surface area contributed by atoms with E-state index >= 15 is 0 Å². The quantitative estimate of drug-likeness (QED) is 0.797. The van der Waals surface area contributed by atoms with E-state index in [1.807, 2.05) is 13.0 Å². The molecule has 0 aliphatic rings. The second-order valence-electron chi connectivity index (χ2n) is 3.31. The van der Waals surface area contributed by atoms with Crippen molar-refractivity contribution in [3.63, 3.8) is 0 Å². The van der Waals surface area contributed by atoms with Crippen LogP contribution in [-0.2, 0) is 0 Å². The zero-order chi connectivity index (χ0) is 12.4. The van der Waals surface area contributed by atoms with Gasteiger partial charge in [0.15, 0.2) is 5.82 Å². The van der Waals surface area contributed by atoms with Gasteiger partial charge in [0.1, 0.15) is 0 Å². The number of pyridine rings is 1. The van der Waals surface area contributed by atoms with Gasteiger partial charge in [-0.25, -0.2) is 9.78 Å². The summed E-state index contributed by atoms with van der Waals surface area (Å²) < 4.78 is 5.69. The van der Waals surface area contributed by atoms with Crippen LogP contribution < -0.4 is 10.5 Å². The highest BCUT2D eigenvalue weighted by Gasteiger charge is 2.12. The SMILES string of the molecule is Cc1cccc(-n2nc(OC(N)=O)cc2O)n1. The van der Waals surface area contributed by atoms with Crippen LogP contribution in [0.3, 0.4) is 0 Å². The molecule has 2 heterocycles. The van der Waals surface area contributed by atoms with Crippen LogP contribution >= 0.6 is 0 Å². The summed E-state index contributed by atoms with van der Waals surface area (Å²) in [6, 6.07) is 6.42. The highest BCUT2D eigenvalue weighted by molar-refractivity contribution is 5.67. The molecule has 7 heteroatoms. The van der Waals surface area contributed by atoms with E-state index in [0.717, 1.165) is 10.4 Å². The number of aromatic nitrogens is 3. The van der Waals surface area contributed by atoms with Crippen molar-refractivity contribution in [1.29, 1.82) is 0 Å². The molecule has 2 aromatic heterocycles. The summed E-state index contributed by atoms with van der Waals surface area (Å²) in [5.41, 5.74) is 5.61. The Morgan fingerprint density at radius 2 is 2.29 bits per heavy atom. The molecule has 0 unspecified atom stereocenters. The molecule has 2 rings (SSSR count). The highest BCUT2D eigenvalue weighted by atomic mass is 16.6. The van der Waals surface area contributed by atoms with E-state index in [0.29, 0.717) is 5.82 Å². The predicted octanol–water partition coefficient (Wildman–Crippen LogP) is 0.739. The lowest BCUT2D eigenvalue weighted by Crippen LogP contribution is -2.16. The molecule has 0 saturated heterocycles. The predicted molar refractivity (Wildman–Crippen MR) is 58.0 cm³/mol. The standard InChI is InChI=1S/C10H10N4O3/c1-6-3-2-4-7(12-6)14-9(15)5-8(13-14)17-10(11)16/h2-5,15H,1H3,(H2,11,16). The Morgan fingerprint density at radius 3 is 2.94 bits per heavy atom. The Bertz CT molecular complexity index is 564. The molecule has 0 spiro atoms. The summed E-state index contributed by atoms with van der Waals surface area (Å²) in [5, 5.41) is 13.5. The van der Waals surface area contributed by atoms with Crippen LogP contribution in [0.15, 0.2) is 24.3 Å². The lowest BCUT2D eigenvalue weighted by atomic mass is 10.4. The molecule has 0 fully saturated rings. The first-order valence-corrected chi connectivity index (χ1v) is 4.76. The number of hydrogen-bond donors (Lipinski definition) is 2. The fraction of sp³-hybridized carbons (Fsp3) is 0.100. The molecule has 88 valence electrons. The summed E-state index contributed by atoms with van der Waals surface area (Å²) in [4.78, 5) is 14.7. The average molecular weight is 234 g/mol. The molecule has 0 atom stereocenters. The van der Waals surface area contributed by atoms with E-state index in [2.05, 4.69) is 14.8 Å². The van der Waals surface area contributed by atoms with Gasteiger partial charge in [-0.1, -0.05) is 6.07 Å². The van der Waals surface area contributed by atoms with Crippen LogP contribution in [0.1, 0.15) is 5.69 Å². The number of hydrogen-bond acceptors (Lipinski definition) is 5. The van der Waals surface area contributed by atoms with Crippen LogP contribution in [0.2, 0.25) is 0 Å². The van der Waals surface area contributed by atoms with E-state index in [1.165, 1.54) is 6.07 Å². The number of nitrogens with zero attached hydrogens (tertiary/aromatic N) is 3. The van der Waals surface area contributed by atoms with Gasteiger partial charge in [0.2, 0.25) is 11.8 Å². The van der Waals surface area contributed by atoms with E-state index in [-0.39, 0.29) is 11.8 Å². The summed E-state index contributed by atoms with van der Waals surface area (Å²) in [6.07, 6.45) is -0.994. The van der Waals surface area contributed by atoms with Crippen LogP contribution in [-0.4, -0.2) is 26.0 Å². The van der Waals surface area contributed by atoms with Crippen molar-refractivity contribution in [2.75, 3.05) is 0 Å². The Balaban J connectivity index is 2.39. The molecule has 0 aliphatic heterocycles. The molecule has 0 bridgehead atoms. The molecule has 3 N–H and O–H groups in total. The molecule has 0 aliphatic carbocycles. The topological polar surface area (TPSA) is 103 Å². The molecule has 0 saturated carbocycles. The zero-order valence-corrected chi connectivity index (χ0v) is 8.99. The number of carbonyl (C=O) groups excluding carboxylic acids is 1. The minimum Gasteiger partial charge on any atom is -0.493 e. The fourth-order valence-corrected chi connectivity index (χ4v) is 1.32. The van der Waals surface area contributed by atoms with Gasteiger partial charge >= 0.3 is 6.09 Å². The van der Waals surface area contributed by atoms with Gasteiger partial charge in [0, 0.05) is 5.69 Å². The molecule has 7 nitrogen and oxygen atoms in total. The number of aromatic hydroxyl groups is 1. The molecular weight excluding hydrogens is 224 g/mol. The Morgan fingerprint density at radius 1 is 1.53 bits per heavy atom. The Labute approximate surface area is 96.5 Å². The third-order valence-corrected chi connectivity index (χ3v) is 1.96. The van der Waals surface area contributed by atoms with Crippen molar-refractivity contribution in [3.8, 4) is 17.6 Å². The molecular formula is C10H10N4O3. The van der Waals surface area contributed by atoms with Crippen LogP contribution in [0.5, 0.6) is 11.8 Å². The molecule has 1 amide bonds. The first-order chi connectivity index (χ1) is 8.06. The van der Waals surface area contributed by atoms with E-state index in [4.69, 9.17) is 5.73 Å². The van der Waals surface area contributed by atoms with Gasteiger partial charge < -0.3 is 15.6 Å². The normalized spacial score (nSPS) is 10.2. The van der Waals surface area contributed by atoms with E-state index < -0.39 is 6.09 Å². The summed E-state index contributed by atoms with van der Waals surface area (Å²) in [7, 11) is 0. The van der Waals surface area contributed by atoms with Crippen LogP contribution in [0.25, 0.3) is 5.82 Å². The maximum atomic E-state index is 10.5. The Hall–Kier alpha value is -2.57. The third-order valence-electron chi connectivity index (χ3n) is 1.96. The molecule has 0 aromatic carbocycles. The maximum Gasteiger partial charge on any atom is 0.411 e. The third kappa shape index (κ3) is 2.33. The van der Waals surface area contributed by atoms with Crippen molar-refractivity contribution in [1.82, 2.24) is 14.8 Å². The van der Waals surface area contributed by atoms with Gasteiger partial charge in [-0.15, -0.1) is 5.10 Å². The lowest BCUT2D eigenvalue weighted by Gasteiger charge is -2.01. The van der Waals surface area contributed by atoms with Crippen LogP contribution in [0, 0.1) is 6.92 Å². The van der Waals surface area contributed by atoms with Gasteiger partial charge in [-0.2, -0.15) is 4.68 Å². The van der Waals surface area contributed by atoms with Gasteiger partial charge in [-0.3, -0.25) is 0 Å². The van der Waals surface area contributed by atoms with Gasteiger partial charge in [-0.05, 0) is 19.1 Å². The number of aryl methyl sites for hydroxylation is 1. The van der Waals surface area contributed by atoms with Crippen LogP contribution in [0.4, 0.5) is 4.79 Å². The number of nitrogens with two attached hydrogens (primary N) is 1. The largest absolute Gasteiger partial charge is 0.493 e. The molecule has 0 radical (unpaired) electrons.